The monoisotopic (exact) mass is 299 g/mol. The second-order valence-electron chi connectivity index (χ2n) is 5.11. The Hall–Kier alpha value is -0.910. The van der Waals surface area contributed by atoms with E-state index < -0.39 is 0 Å². The predicted molar refractivity (Wildman–Crippen MR) is 79.1 cm³/mol. The minimum atomic E-state index is 0.109. The number of anilines is 1. The van der Waals surface area contributed by atoms with Gasteiger partial charge in [0.25, 0.3) is 0 Å². The molecule has 112 valence electrons. The number of ether oxygens (including phenoxy) is 1. The highest BCUT2D eigenvalue weighted by atomic mass is 35.5. The molecule has 0 atom stereocenters. The summed E-state index contributed by atoms with van der Waals surface area (Å²) in [5, 5.41) is 9.75. The third kappa shape index (κ3) is 4.04. The van der Waals surface area contributed by atoms with Gasteiger partial charge in [0.1, 0.15) is 17.6 Å². The number of aliphatic hydroxyl groups excluding tert-OH is 1. The van der Waals surface area contributed by atoms with Crippen molar-refractivity contribution in [3.8, 4) is 0 Å². The van der Waals surface area contributed by atoms with Gasteiger partial charge in [0, 0.05) is 25.8 Å². The van der Waals surface area contributed by atoms with Crippen molar-refractivity contribution in [2.24, 2.45) is 0 Å². The largest absolute Gasteiger partial charge is 0.395 e. The van der Waals surface area contributed by atoms with E-state index in [1.165, 1.54) is 19.3 Å². The summed E-state index contributed by atoms with van der Waals surface area (Å²) in [4.78, 5) is 10.8. The van der Waals surface area contributed by atoms with Gasteiger partial charge in [-0.25, -0.2) is 9.97 Å². The van der Waals surface area contributed by atoms with Crippen LogP contribution in [0, 0.1) is 0 Å². The van der Waals surface area contributed by atoms with Crippen molar-refractivity contribution < 1.29 is 9.84 Å². The van der Waals surface area contributed by atoms with Crippen LogP contribution >= 0.6 is 11.6 Å². The number of rotatable bonds is 6. The molecule has 2 rings (SSSR count). The average molecular weight is 300 g/mol. The van der Waals surface area contributed by atoms with Crippen molar-refractivity contribution >= 4 is 17.4 Å². The van der Waals surface area contributed by atoms with Crippen LogP contribution in [0.5, 0.6) is 0 Å². The maximum atomic E-state index is 9.33. The second-order valence-corrected chi connectivity index (χ2v) is 5.49. The zero-order chi connectivity index (χ0) is 14.4. The van der Waals surface area contributed by atoms with Gasteiger partial charge in [0.15, 0.2) is 5.82 Å². The fourth-order valence-electron chi connectivity index (χ4n) is 2.78. The lowest BCUT2D eigenvalue weighted by molar-refractivity contribution is 0.177. The average Bonchev–Trinajstić information content (AvgIpc) is 2.45. The molecule has 1 aromatic heterocycles. The molecule has 0 amide bonds. The maximum absolute atomic E-state index is 9.33. The number of halogens is 1. The molecule has 0 saturated heterocycles. The Balaban J connectivity index is 2.22. The number of aliphatic hydroxyl groups is 1. The summed E-state index contributed by atoms with van der Waals surface area (Å²) in [7, 11) is 1.61. The molecule has 1 fully saturated rings. The Kier molecular flexibility index (Phi) is 6.01. The number of hydrogen-bond acceptors (Lipinski definition) is 5. The molecule has 0 radical (unpaired) electrons. The molecular formula is C14H22ClN3O2. The minimum absolute atomic E-state index is 0.109. The normalized spacial score (nSPS) is 16.4. The summed E-state index contributed by atoms with van der Waals surface area (Å²) in [5.41, 5.74) is 0. The van der Waals surface area contributed by atoms with Gasteiger partial charge in [0.05, 0.1) is 6.61 Å². The lowest BCUT2D eigenvalue weighted by atomic mass is 9.94. The Labute approximate surface area is 124 Å². The van der Waals surface area contributed by atoms with Crippen LogP contribution in [0.2, 0.25) is 5.15 Å². The molecule has 0 unspecified atom stereocenters. The summed E-state index contributed by atoms with van der Waals surface area (Å²) < 4.78 is 5.07. The molecule has 1 aliphatic rings. The van der Waals surface area contributed by atoms with Crippen LogP contribution in [0.25, 0.3) is 0 Å². The van der Waals surface area contributed by atoms with Gasteiger partial charge in [-0.1, -0.05) is 30.9 Å². The summed E-state index contributed by atoms with van der Waals surface area (Å²) in [6, 6.07) is 2.20. The van der Waals surface area contributed by atoms with Crippen LogP contribution in [-0.2, 0) is 11.3 Å². The van der Waals surface area contributed by atoms with Crippen LogP contribution in [0.15, 0.2) is 6.07 Å². The number of hydrogen-bond donors (Lipinski definition) is 1. The molecule has 20 heavy (non-hydrogen) atoms. The zero-order valence-corrected chi connectivity index (χ0v) is 12.6. The van der Waals surface area contributed by atoms with Gasteiger partial charge in [0.2, 0.25) is 0 Å². The second kappa shape index (κ2) is 7.76. The van der Waals surface area contributed by atoms with E-state index in [9.17, 15) is 5.11 Å². The molecule has 1 heterocycles. The van der Waals surface area contributed by atoms with Gasteiger partial charge in [-0.3, -0.25) is 0 Å². The quantitative estimate of drug-likeness (QED) is 0.818. The Bertz CT molecular complexity index is 425. The van der Waals surface area contributed by atoms with E-state index in [1.807, 2.05) is 0 Å². The van der Waals surface area contributed by atoms with Gasteiger partial charge in [-0.05, 0) is 12.8 Å². The third-order valence-electron chi connectivity index (χ3n) is 3.65. The molecule has 1 N–H and O–H groups in total. The molecule has 5 nitrogen and oxygen atoms in total. The van der Waals surface area contributed by atoms with Crippen molar-refractivity contribution in [1.29, 1.82) is 0 Å². The summed E-state index contributed by atoms with van der Waals surface area (Å²) in [6.45, 7) is 1.02. The molecule has 1 aliphatic carbocycles. The predicted octanol–water partition coefficient (Wildman–Crippen LogP) is 2.41. The Morgan fingerprint density at radius 3 is 2.75 bits per heavy atom. The third-order valence-corrected chi connectivity index (χ3v) is 3.85. The highest BCUT2D eigenvalue weighted by molar-refractivity contribution is 6.29. The van der Waals surface area contributed by atoms with Crippen LogP contribution in [0.4, 0.5) is 5.82 Å². The fraction of sp³-hybridized carbons (Fsp3) is 0.714. The topological polar surface area (TPSA) is 58.5 Å². The number of aromatic nitrogens is 2. The minimum Gasteiger partial charge on any atom is -0.395 e. The first-order valence-corrected chi connectivity index (χ1v) is 7.52. The molecule has 0 aromatic carbocycles. The lowest BCUT2D eigenvalue weighted by Crippen LogP contribution is -2.39. The van der Waals surface area contributed by atoms with Gasteiger partial charge < -0.3 is 14.7 Å². The Morgan fingerprint density at radius 2 is 2.10 bits per heavy atom. The van der Waals surface area contributed by atoms with Crippen LogP contribution in [0.3, 0.4) is 0 Å². The SMILES string of the molecule is COCc1nc(Cl)cc(N(CCO)C2CCCCC2)n1. The molecule has 0 bridgehead atoms. The molecule has 6 heteroatoms. The van der Waals surface area contributed by atoms with E-state index in [0.717, 1.165) is 18.7 Å². The highest BCUT2D eigenvalue weighted by Crippen LogP contribution is 2.27. The van der Waals surface area contributed by atoms with Crippen molar-refractivity contribution in [1.82, 2.24) is 9.97 Å². The van der Waals surface area contributed by atoms with Gasteiger partial charge >= 0.3 is 0 Å². The van der Waals surface area contributed by atoms with E-state index in [-0.39, 0.29) is 6.61 Å². The van der Waals surface area contributed by atoms with Crippen LogP contribution < -0.4 is 4.90 Å². The van der Waals surface area contributed by atoms with E-state index in [2.05, 4.69) is 14.9 Å². The van der Waals surface area contributed by atoms with Gasteiger partial charge in [-0.2, -0.15) is 0 Å². The van der Waals surface area contributed by atoms with Crippen molar-refractivity contribution in [3.63, 3.8) is 0 Å². The van der Waals surface area contributed by atoms with Crippen molar-refractivity contribution in [2.45, 2.75) is 44.8 Å². The van der Waals surface area contributed by atoms with Crippen LogP contribution in [-0.4, -0.2) is 41.4 Å². The van der Waals surface area contributed by atoms with E-state index in [1.54, 1.807) is 13.2 Å². The Morgan fingerprint density at radius 1 is 1.35 bits per heavy atom. The van der Waals surface area contributed by atoms with E-state index in [4.69, 9.17) is 16.3 Å². The van der Waals surface area contributed by atoms with Crippen molar-refractivity contribution in [3.05, 3.63) is 17.0 Å². The first-order valence-electron chi connectivity index (χ1n) is 7.14. The zero-order valence-electron chi connectivity index (χ0n) is 11.9. The number of methoxy groups -OCH3 is 1. The fourth-order valence-corrected chi connectivity index (χ4v) is 2.97. The summed E-state index contributed by atoms with van der Waals surface area (Å²) in [6.07, 6.45) is 6.04. The smallest absolute Gasteiger partial charge is 0.158 e. The van der Waals surface area contributed by atoms with E-state index >= 15 is 0 Å². The van der Waals surface area contributed by atoms with E-state index in [0.29, 0.717) is 30.2 Å². The first-order chi connectivity index (χ1) is 9.74. The number of nitrogens with zero attached hydrogens (tertiary/aromatic N) is 3. The van der Waals surface area contributed by atoms with Gasteiger partial charge in [-0.15, -0.1) is 0 Å². The highest BCUT2D eigenvalue weighted by Gasteiger charge is 2.22. The van der Waals surface area contributed by atoms with Crippen LogP contribution in [0.1, 0.15) is 37.9 Å². The summed E-state index contributed by atoms with van der Waals surface area (Å²) >= 11 is 6.07. The van der Waals surface area contributed by atoms with Crippen molar-refractivity contribution in [2.75, 3.05) is 25.2 Å². The molecular weight excluding hydrogens is 278 g/mol. The lowest BCUT2D eigenvalue weighted by Gasteiger charge is -2.35. The molecule has 1 saturated carbocycles. The molecule has 0 spiro atoms. The maximum Gasteiger partial charge on any atom is 0.158 e. The standard InChI is InChI=1S/C14H22ClN3O2/c1-20-10-13-16-12(15)9-14(17-13)18(7-8-19)11-5-3-2-4-6-11/h9,11,19H,2-8,10H2,1H3. The first kappa shape index (κ1) is 15.5. The summed E-state index contributed by atoms with van der Waals surface area (Å²) in [5.74, 6) is 1.37. The molecule has 0 aliphatic heterocycles. The molecule has 1 aromatic rings.